The molecule has 1 aliphatic rings. The van der Waals surface area contributed by atoms with Gasteiger partial charge in [0, 0.05) is 23.3 Å². The second kappa shape index (κ2) is 8.76. The van der Waals surface area contributed by atoms with Crippen molar-refractivity contribution in [3.05, 3.63) is 48.5 Å². The summed E-state index contributed by atoms with van der Waals surface area (Å²) in [7, 11) is 19.2. The Morgan fingerprint density at radius 1 is 1.10 bits per heavy atom. The molecule has 0 radical (unpaired) electrons. The summed E-state index contributed by atoms with van der Waals surface area (Å²) in [6.07, 6.45) is 0. The number of fused-ring (bicyclic) bond motifs is 1. The molecule has 0 N–H and O–H groups in total. The summed E-state index contributed by atoms with van der Waals surface area (Å²) < 4.78 is 4.36. The average Bonchev–Trinajstić information content (AvgIpc) is 2.87. The van der Waals surface area contributed by atoms with E-state index in [-0.39, 0.29) is 0 Å². The van der Waals surface area contributed by atoms with Crippen molar-refractivity contribution < 1.29 is 15.1 Å². The molecule has 3 rings (SSSR count). The van der Waals surface area contributed by atoms with E-state index in [0.717, 1.165) is 16.3 Å². The first-order valence-corrected chi connectivity index (χ1v) is 17.1. The van der Waals surface area contributed by atoms with Gasteiger partial charge in [-0.3, -0.25) is 0 Å². The molecule has 21 heavy (non-hydrogen) atoms. The Labute approximate surface area is 150 Å². The number of halogens is 3. The van der Waals surface area contributed by atoms with Gasteiger partial charge in [0.25, 0.3) is 0 Å². The minimum absolute atomic E-state index is 0.440. The van der Waals surface area contributed by atoms with Gasteiger partial charge in [0.05, 0.1) is 14.6 Å². The van der Waals surface area contributed by atoms with E-state index in [4.69, 9.17) is 30.1 Å². The van der Waals surface area contributed by atoms with Crippen molar-refractivity contribution >= 4 is 66.9 Å². The Hall–Kier alpha value is 0.233. The SMILES string of the molecule is CN(c1ccccc1)c1ccc2c(c1)SS(Cl)=N2.[Cl][Zn][Cl]. The van der Waals surface area contributed by atoms with Crippen LogP contribution in [-0.4, -0.2) is 7.05 Å². The molecule has 2 aromatic rings. The average molecular weight is 431 g/mol. The third-order valence-electron chi connectivity index (χ3n) is 2.80. The number of hydrogen-bond acceptors (Lipinski definition) is 3. The van der Waals surface area contributed by atoms with E-state index >= 15 is 0 Å². The molecule has 0 saturated heterocycles. The number of rotatable bonds is 2. The molecular weight excluding hydrogens is 420 g/mol. The summed E-state index contributed by atoms with van der Waals surface area (Å²) >= 11 is -0.931. The third kappa shape index (κ3) is 4.85. The zero-order chi connectivity index (χ0) is 15.2. The van der Waals surface area contributed by atoms with Gasteiger partial charge in [-0.25, -0.2) is 4.36 Å². The molecule has 0 fully saturated rings. The van der Waals surface area contributed by atoms with Crippen LogP contribution in [0.25, 0.3) is 0 Å². The Morgan fingerprint density at radius 2 is 1.76 bits per heavy atom. The molecule has 2 aromatic carbocycles. The fourth-order valence-corrected chi connectivity index (χ4v) is 4.78. The first kappa shape index (κ1) is 17.6. The van der Waals surface area contributed by atoms with Crippen molar-refractivity contribution in [2.24, 2.45) is 4.36 Å². The molecule has 1 atom stereocenters. The van der Waals surface area contributed by atoms with Crippen molar-refractivity contribution in [1.82, 2.24) is 0 Å². The Bertz CT molecular complexity index is 641. The standard InChI is InChI=1S/C13H11ClN2S2.2ClH.Zn/c1-16(10-5-3-2-4-6-10)11-7-8-12-13(9-11)17-18(14)15-12;;;/h2-9H,1H3;2*1H;/q;;;+2/p-2. The molecule has 2 nitrogen and oxygen atoms in total. The van der Waals surface area contributed by atoms with Gasteiger partial charge < -0.3 is 4.90 Å². The van der Waals surface area contributed by atoms with Crippen LogP contribution in [-0.2, 0) is 24.1 Å². The van der Waals surface area contributed by atoms with Gasteiger partial charge in [-0.05, 0) is 51.8 Å². The van der Waals surface area contributed by atoms with E-state index in [9.17, 15) is 0 Å². The van der Waals surface area contributed by atoms with Crippen molar-refractivity contribution in [3.8, 4) is 0 Å². The summed E-state index contributed by atoms with van der Waals surface area (Å²) in [5.74, 6) is 0. The monoisotopic (exact) mass is 428 g/mol. The summed E-state index contributed by atoms with van der Waals surface area (Å²) in [5, 5.41) is 0. The molecule has 1 aliphatic heterocycles. The maximum absolute atomic E-state index is 6.04. The molecular formula is C13H11Cl3N2S2Zn. The second-order valence-corrected chi connectivity index (χ2v) is 12.7. The number of nitrogens with zero attached hydrogens (tertiary/aromatic N) is 2. The fraction of sp³-hybridized carbons (Fsp3) is 0.0769. The van der Waals surface area contributed by atoms with Crippen LogP contribution in [0.3, 0.4) is 0 Å². The van der Waals surface area contributed by atoms with Crippen molar-refractivity contribution in [3.63, 3.8) is 0 Å². The van der Waals surface area contributed by atoms with Crippen molar-refractivity contribution in [2.75, 3.05) is 11.9 Å². The summed E-state index contributed by atoms with van der Waals surface area (Å²) in [6.45, 7) is 0. The number of para-hydroxylation sites is 1. The minimum atomic E-state index is -0.931. The van der Waals surface area contributed by atoms with Gasteiger partial charge >= 0.3 is 34.5 Å². The van der Waals surface area contributed by atoms with Gasteiger partial charge in [0.15, 0.2) is 0 Å². The molecule has 1 heterocycles. The molecule has 0 amide bonds. The van der Waals surface area contributed by atoms with E-state index < -0.39 is 24.1 Å². The van der Waals surface area contributed by atoms with Crippen molar-refractivity contribution in [1.29, 1.82) is 0 Å². The van der Waals surface area contributed by atoms with Gasteiger partial charge in [0.2, 0.25) is 0 Å². The summed E-state index contributed by atoms with van der Waals surface area (Å²) in [6, 6.07) is 16.5. The van der Waals surface area contributed by atoms with Gasteiger partial charge in [0.1, 0.15) is 0 Å². The first-order valence-electron chi connectivity index (χ1n) is 6.01. The quantitative estimate of drug-likeness (QED) is 0.402. The topological polar surface area (TPSA) is 15.6 Å². The molecule has 0 aliphatic carbocycles. The van der Waals surface area contributed by atoms with E-state index in [2.05, 4.69) is 40.6 Å². The van der Waals surface area contributed by atoms with Gasteiger partial charge in [-0.1, -0.05) is 18.2 Å². The molecule has 0 saturated carbocycles. The molecule has 1 unspecified atom stereocenters. The Balaban J connectivity index is 0.000000497. The van der Waals surface area contributed by atoms with Crippen LogP contribution in [0.1, 0.15) is 0 Å². The number of hydrogen-bond donors (Lipinski definition) is 0. The molecule has 0 bridgehead atoms. The summed E-state index contributed by atoms with van der Waals surface area (Å²) in [5.41, 5.74) is 3.32. The van der Waals surface area contributed by atoms with Crippen LogP contribution in [0.4, 0.5) is 17.1 Å². The molecule has 0 aromatic heterocycles. The van der Waals surface area contributed by atoms with E-state index in [1.165, 1.54) is 5.69 Å². The number of benzene rings is 2. The molecule has 0 spiro atoms. The van der Waals surface area contributed by atoms with E-state index in [1.54, 1.807) is 10.8 Å². The van der Waals surface area contributed by atoms with Crippen LogP contribution in [0.15, 0.2) is 57.8 Å². The van der Waals surface area contributed by atoms with Crippen LogP contribution in [0, 0.1) is 0 Å². The maximum atomic E-state index is 6.04. The predicted octanol–water partition coefficient (Wildman–Crippen LogP) is 6.44. The summed E-state index contributed by atoms with van der Waals surface area (Å²) in [4.78, 5) is 3.32. The number of anilines is 2. The van der Waals surface area contributed by atoms with Crippen LogP contribution >= 0.6 is 40.9 Å². The van der Waals surface area contributed by atoms with Crippen LogP contribution in [0.2, 0.25) is 0 Å². The van der Waals surface area contributed by atoms with E-state index in [0.29, 0.717) is 0 Å². The predicted molar refractivity (Wildman–Crippen MR) is 93.8 cm³/mol. The van der Waals surface area contributed by atoms with Crippen LogP contribution in [0.5, 0.6) is 0 Å². The fourth-order valence-electron chi connectivity index (χ4n) is 1.82. The van der Waals surface area contributed by atoms with E-state index in [1.807, 2.05) is 24.3 Å². The Kier molecular flexibility index (Phi) is 7.33. The van der Waals surface area contributed by atoms with Gasteiger partial charge in [-0.15, -0.1) is 0 Å². The third-order valence-corrected chi connectivity index (χ3v) is 5.74. The van der Waals surface area contributed by atoms with Crippen molar-refractivity contribution in [2.45, 2.75) is 4.90 Å². The molecule has 8 heteroatoms. The van der Waals surface area contributed by atoms with Gasteiger partial charge in [-0.2, -0.15) is 0 Å². The Morgan fingerprint density at radius 3 is 2.43 bits per heavy atom. The second-order valence-electron chi connectivity index (χ2n) is 4.03. The molecule has 108 valence electrons. The van der Waals surface area contributed by atoms with Crippen LogP contribution < -0.4 is 4.90 Å². The zero-order valence-electron chi connectivity index (χ0n) is 11.2. The first-order chi connectivity index (χ1) is 10.2. The normalized spacial score (nSPS) is 15.1. The zero-order valence-corrected chi connectivity index (χ0v) is 18.0.